The van der Waals surface area contributed by atoms with Crippen molar-refractivity contribution in [3.63, 3.8) is 0 Å². The number of hydrogen-bond donors (Lipinski definition) is 0. The van der Waals surface area contributed by atoms with Gasteiger partial charge in [-0.05, 0) is 37.1 Å². The Morgan fingerprint density at radius 2 is 1.25 bits per heavy atom. The van der Waals surface area contributed by atoms with E-state index in [2.05, 4.69) is 95.4 Å². The second kappa shape index (κ2) is 12.0. The normalized spacial score (nSPS) is 15.7. The molecule has 2 aromatic rings. The fourth-order valence-corrected chi connectivity index (χ4v) is 5.85. The standard InChI is InChI=1S/C22H27OSi.3CH3.Sn/c1-19(2)18-22(16-10-5-11-17-22)23-24(20-12-6-3-7-13-20)21-14-8-4-9-15-21;;;;/h3-4,6-9,12-15,18H,5,10-11,16-17H2,1-2H3;3*1H3;. The predicted octanol–water partition coefficient (Wildman–Crippen LogP) is 5.85. The predicted molar refractivity (Wildman–Crippen MR) is 128 cm³/mol. The molecular formula is C25H36OSiSn. The molecule has 0 spiro atoms. The molecule has 150 valence electrons. The van der Waals surface area contributed by atoms with Crippen LogP contribution in [0.25, 0.3) is 0 Å². The minimum absolute atomic E-state index is 0.0862. The molecule has 0 N–H and O–H groups in total. The molecule has 0 aliphatic heterocycles. The van der Waals surface area contributed by atoms with Gasteiger partial charge in [0.1, 0.15) is 0 Å². The molecule has 3 heteroatoms. The van der Waals surface area contributed by atoms with Gasteiger partial charge < -0.3 is 4.43 Å². The quantitative estimate of drug-likeness (QED) is 0.371. The van der Waals surface area contributed by atoms with E-state index in [1.54, 1.807) is 0 Å². The van der Waals surface area contributed by atoms with Gasteiger partial charge in [-0.3, -0.25) is 0 Å². The topological polar surface area (TPSA) is 9.23 Å². The number of rotatable bonds is 5. The van der Waals surface area contributed by atoms with Crippen LogP contribution in [0.5, 0.6) is 0 Å². The van der Waals surface area contributed by atoms with Crippen molar-refractivity contribution >= 4 is 39.2 Å². The molecule has 1 aliphatic rings. The van der Waals surface area contributed by atoms with Gasteiger partial charge in [-0.2, -0.15) is 0 Å². The average molecular weight is 499 g/mol. The zero-order valence-corrected chi connectivity index (χ0v) is 22.1. The summed E-state index contributed by atoms with van der Waals surface area (Å²) in [6, 6.07) is 21.6. The first-order valence-corrected chi connectivity index (χ1v) is 20.5. The summed E-state index contributed by atoms with van der Waals surface area (Å²) in [5.74, 6) is 0. The first kappa shape index (κ1) is 23.4. The van der Waals surface area contributed by atoms with Crippen molar-refractivity contribution < 1.29 is 4.43 Å². The molecule has 1 saturated carbocycles. The Kier molecular flexibility index (Phi) is 10.0. The van der Waals surface area contributed by atoms with Gasteiger partial charge in [0.2, 0.25) is 0 Å². The number of allylic oxidation sites excluding steroid dienone is 1. The van der Waals surface area contributed by atoms with Crippen molar-refractivity contribution in [2.24, 2.45) is 0 Å². The summed E-state index contributed by atoms with van der Waals surface area (Å²) in [5.41, 5.74) is 1.27. The Labute approximate surface area is 181 Å². The summed E-state index contributed by atoms with van der Waals surface area (Å²) in [6.45, 7) is 4.38. The monoisotopic (exact) mass is 500 g/mol. The Morgan fingerprint density at radius 1 is 0.821 bits per heavy atom. The summed E-state index contributed by atoms with van der Waals surface area (Å²) in [6.07, 6.45) is 8.55. The van der Waals surface area contributed by atoms with Crippen LogP contribution in [0.2, 0.25) is 14.8 Å². The fraction of sp³-hybridized carbons (Fsp3) is 0.440. The van der Waals surface area contributed by atoms with E-state index in [9.17, 15) is 0 Å². The van der Waals surface area contributed by atoms with Crippen molar-refractivity contribution in [1.82, 2.24) is 0 Å². The third-order valence-electron chi connectivity index (χ3n) is 4.63. The third kappa shape index (κ3) is 7.88. The van der Waals surface area contributed by atoms with Gasteiger partial charge in [-0.1, -0.05) is 91.6 Å². The Bertz CT molecular complexity index is 660. The SMILES string of the molecule is CC(C)=CC1(O[Si](c2ccccc2)c2ccccc2)CCCCC1.[CH3][Sn]([CH3])[CH3]. The molecule has 1 aliphatic carbocycles. The molecule has 0 bridgehead atoms. The maximum absolute atomic E-state index is 6.99. The molecule has 2 aromatic carbocycles. The molecular weight excluding hydrogens is 463 g/mol. The minimum atomic E-state index is -1.25. The molecule has 0 heterocycles. The average Bonchev–Trinajstić information content (AvgIpc) is 2.67. The van der Waals surface area contributed by atoms with E-state index >= 15 is 0 Å². The van der Waals surface area contributed by atoms with Crippen molar-refractivity contribution in [2.45, 2.75) is 66.4 Å². The van der Waals surface area contributed by atoms with Gasteiger partial charge in [0, 0.05) is 0 Å². The molecule has 0 amide bonds. The molecule has 28 heavy (non-hydrogen) atoms. The van der Waals surface area contributed by atoms with Crippen LogP contribution in [-0.4, -0.2) is 34.4 Å². The van der Waals surface area contributed by atoms with Crippen LogP contribution in [0, 0.1) is 0 Å². The van der Waals surface area contributed by atoms with Crippen LogP contribution >= 0.6 is 0 Å². The first-order valence-electron chi connectivity index (χ1n) is 10.5. The molecule has 1 fully saturated rings. The van der Waals surface area contributed by atoms with Gasteiger partial charge in [0.25, 0.3) is 9.04 Å². The summed E-state index contributed by atoms with van der Waals surface area (Å²) in [4.78, 5) is 7.09. The molecule has 2 radical (unpaired) electrons. The van der Waals surface area contributed by atoms with Crippen LogP contribution in [0.3, 0.4) is 0 Å². The third-order valence-corrected chi connectivity index (χ3v) is 6.95. The van der Waals surface area contributed by atoms with E-state index < -0.39 is 28.8 Å². The van der Waals surface area contributed by atoms with Gasteiger partial charge in [0.05, 0.1) is 5.60 Å². The van der Waals surface area contributed by atoms with Crippen LogP contribution in [0.4, 0.5) is 0 Å². The van der Waals surface area contributed by atoms with Crippen LogP contribution in [0.1, 0.15) is 46.0 Å². The maximum atomic E-state index is 6.99. The Hall–Kier alpha value is -0.844. The fourth-order valence-electron chi connectivity index (χ4n) is 3.62. The van der Waals surface area contributed by atoms with Crippen LogP contribution in [-0.2, 0) is 4.43 Å². The number of benzene rings is 2. The van der Waals surface area contributed by atoms with Gasteiger partial charge in [0.15, 0.2) is 0 Å². The zero-order valence-electron chi connectivity index (χ0n) is 18.3. The van der Waals surface area contributed by atoms with Gasteiger partial charge >= 0.3 is 34.6 Å². The second-order valence-electron chi connectivity index (χ2n) is 8.51. The Morgan fingerprint density at radius 3 is 1.64 bits per heavy atom. The van der Waals surface area contributed by atoms with Gasteiger partial charge in [-0.25, -0.2) is 0 Å². The second-order valence-corrected chi connectivity index (χ2v) is 19.1. The van der Waals surface area contributed by atoms with Crippen molar-refractivity contribution in [3.05, 3.63) is 72.3 Å². The number of hydrogen-bond acceptors (Lipinski definition) is 1. The first-order chi connectivity index (χ1) is 13.4. The van der Waals surface area contributed by atoms with E-state index in [0.29, 0.717) is 0 Å². The summed E-state index contributed by atoms with van der Waals surface area (Å²) < 4.78 is 6.99. The van der Waals surface area contributed by atoms with E-state index in [0.717, 1.165) is 12.8 Å². The molecule has 1 nitrogen and oxygen atoms in total. The van der Waals surface area contributed by atoms with Crippen LogP contribution < -0.4 is 10.4 Å². The van der Waals surface area contributed by atoms with E-state index in [1.165, 1.54) is 35.2 Å². The van der Waals surface area contributed by atoms with Crippen molar-refractivity contribution in [3.8, 4) is 0 Å². The van der Waals surface area contributed by atoms with Crippen molar-refractivity contribution in [2.75, 3.05) is 0 Å². The molecule has 0 saturated heterocycles. The summed E-state index contributed by atoms with van der Waals surface area (Å²) in [5, 5.41) is 2.67. The van der Waals surface area contributed by atoms with Gasteiger partial charge in [-0.15, -0.1) is 0 Å². The van der Waals surface area contributed by atoms with E-state index in [-0.39, 0.29) is 5.60 Å². The summed E-state index contributed by atoms with van der Waals surface area (Å²) >= 11 is -0.543. The van der Waals surface area contributed by atoms with E-state index in [4.69, 9.17) is 4.43 Å². The molecule has 3 rings (SSSR count). The zero-order chi connectivity index (χ0) is 20.4. The van der Waals surface area contributed by atoms with Crippen LogP contribution in [0.15, 0.2) is 72.3 Å². The summed E-state index contributed by atoms with van der Waals surface area (Å²) in [7, 11) is -1.25. The Balaban J connectivity index is 0.000000640. The van der Waals surface area contributed by atoms with Crippen molar-refractivity contribution in [1.29, 1.82) is 0 Å². The molecule has 0 unspecified atom stereocenters. The molecule has 0 atom stereocenters. The molecule has 0 aromatic heterocycles. The van der Waals surface area contributed by atoms with E-state index in [1.807, 2.05) is 0 Å².